The molecule has 4 aromatic rings. The molecule has 9 aliphatic rings. The van der Waals surface area contributed by atoms with E-state index in [1.807, 2.05) is 19.9 Å². The second kappa shape index (κ2) is 21.6. The van der Waals surface area contributed by atoms with Crippen molar-refractivity contribution in [3.8, 4) is 58.0 Å². The smallest absolute Gasteiger partial charge is 0.354 e. The molecule has 466 valence electrons. The van der Waals surface area contributed by atoms with Gasteiger partial charge in [-0.1, -0.05) is 43.8 Å². The third-order valence-corrected chi connectivity index (χ3v) is 18.9. The van der Waals surface area contributed by atoms with Crippen LogP contribution in [0.5, 0.6) is 23.0 Å². The van der Waals surface area contributed by atoms with Crippen molar-refractivity contribution in [3.05, 3.63) is 104 Å². The van der Waals surface area contributed by atoms with E-state index < -0.39 is 191 Å². The Morgan fingerprint density at radius 2 is 1.65 bits per heavy atom. The minimum Gasteiger partial charge on any atom is -0.507 e. The first-order valence-electron chi connectivity index (χ1n) is 28.9. The summed E-state index contributed by atoms with van der Waals surface area (Å²) in [5.41, 5.74) is -10.3. The number of dihydropyridines is 1. The van der Waals surface area contributed by atoms with E-state index in [1.54, 1.807) is 0 Å². The number of carboxylic acid groups (broad SMARTS) is 1. The predicted octanol–water partition coefficient (Wildman–Crippen LogP) is -0.536. The maximum absolute atomic E-state index is 16.3. The molecule has 1 aliphatic carbocycles. The summed E-state index contributed by atoms with van der Waals surface area (Å²) in [5.74, 6) is -13.3. The third kappa shape index (κ3) is 8.84. The van der Waals surface area contributed by atoms with Crippen LogP contribution in [0.25, 0.3) is 22.3 Å². The van der Waals surface area contributed by atoms with Crippen molar-refractivity contribution in [2.75, 3.05) is 19.8 Å². The second-order valence-corrected chi connectivity index (χ2v) is 24.0. The molecule has 15 atom stereocenters. The number of aliphatic hydroxyl groups excluding tert-OH is 7. The molecule has 10 heterocycles. The molecule has 0 saturated carbocycles. The number of ether oxygens (including phenoxy) is 4. The lowest BCUT2D eigenvalue weighted by Crippen LogP contribution is -2.81. The summed E-state index contributed by atoms with van der Waals surface area (Å²) in [5, 5.41) is 172. The first-order valence-corrected chi connectivity index (χ1v) is 28.9. The van der Waals surface area contributed by atoms with Crippen LogP contribution in [0.3, 0.4) is 0 Å². The van der Waals surface area contributed by atoms with Gasteiger partial charge >= 0.3 is 11.9 Å². The molecular weight excluding hydrogens is 1150 g/mol. The number of aliphatic hydroxyl groups is 10. The summed E-state index contributed by atoms with van der Waals surface area (Å²) in [4.78, 5) is 62.3. The van der Waals surface area contributed by atoms with Crippen molar-refractivity contribution in [1.29, 1.82) is 0 Å². The van der Waals surface area contributed by atoms with Crippen LogP contribution in [0.1, 0.15) is 99.4 Å². The lowest BCUT2D eigenvalue weighted by molar-refractivity contribution is -0.434. The van der Waals surface area contributed by atoms with E-state index in [0.717, 1.165) is 23.8 Å². The quantitative estimate of drug-likeness (QED) is 0.0363. The first kappa shape index (κ1) is 60.6. The van der Waals surface area contributed by atoms with Gasteiger partial charge in [-0.25, -0.2) is 9.59 Å². The average Bonchev–Trinajstić information content (AvgIpc) is 1.25. The Hall–Kier alpha value is -7.64. The molecule has 26 heteroatoms. The van der Waals surface area contributed by atoms with Crippen LogP contribution in [-0.4, -0.2) is 185 Å². The van der Waals surface area contributed by atoms with Crippen LogP contribution < -0.4 is 20.8 Å². The van der Waals surface area contributed by atoms with Gasteiger partial charge in [-0.15, -0.1) is 0 Å². The van der Waals surface area contributed by atoms with E-state index in [1.165, 1.54) is 24.4 Å². The van der Waals surface area contributed by atoms with Crippen molar-refractivity contribution in [2.24, 2.45) is 11.8 Å². The summed E-state index contributed by atoms with van der Waals surface area (Å²) in [6.07, 6.45) is -13.6. The highest BCUT2D eigenvalue weighted by Crippen LogP contribution is 2.60. The van der Waals surface area contributed by atoms with E-state index >= 15 is 4.79 Å². The Kier molecular flexibility index (Phi) is 14.9. The van der Waals surface area contributed by atoms with Crippen LogP contribution in [0.15, 0.2) is 80.3 Å². The van der Waals surface area contributed by atoms with Gasteiger partial charge in [0.1, 0.15) is 52.1 Å². The molecular formula is C62H65N3O23. The topological polar surface area (TPSA) is 441 Å². The maximum atomic E-state index is 16.3. The number of hydrogen-bond acceptors (Lipinski definition) is 24. The first-order chi connectivity index (χ1) is 41.7. The van der Waals surface area contributed by atoms with Crippen molar-refractivity contribution in [1.82, 2.24) is 15.6 Å². The van der Waals surface area contributed by atoms with Gasteiger partial charge in [0.25, 0.3) is 11.4 Å². The van der Waals surface area contributed by atoms with E-state index in [0.29, 0.717) is 24.2 Å². The fourth-order valence-electron chi connectivity index (χ4n) is 14.1. The van der Waals surface area contributed by atoms with Gasteiger partial charge in [0, 0.05) is 102 Å². The standard InChI is InChI=1S/C62H65N3O23/c1-3-37-34(21-33-27(2)9-15-64-54(33)65-37)35-22-36-32-7-8-38(68)39(69)18-28(26-67)25-60-51(75)53(77)62(82,83)58(87-60,55(78)79)13-5-14-59(56(80)86-60)57(81,12-4-6-29-10-16-63-47(29)32)50(74)52(76)61(36,88-59)85-44-24-43-46(49(73)45(35)44)40(70)23-42(84-43)31-19-30(11-17-66)48(72)41(71)20-31/h10,16,19-24,27-28,32,35,38,50-54,63-68,71-77,81-83H,3,7-9,11-12,14-15,17-18,25-26H2,1-2H3,(H,78,79). The fraction of sp³-hybridized carbons (Fsp3) is 0.484. The van der Waals surface area contributed by atoms with Gasteiger partial charge in [0.15, 0.2) is 34.9 Å². The molecule has 3 spiro atoms. The number of aromatic amines is 1. The highest BCUT2D eigenvalue weighted by atomic mass is 16.8. The zero-order valence-electron chi connectivity index (χ0n) is 47.3. The number of aromatic nitrogens is 1. The summed E-state index contributed by atoms with van der Waals surface area (Å²) >= 11 is 0. The van der Waals surface area contributed by atoms with E-state index in [2.05, 4.69) is 39.3 Å². The van der Waals surface area contributed by atoms with E-state index in [9.17, 15) is 85.9 Å². The predicted molar refractivity (Wildman–Crippen MR) is 300 cm³/mol. The summed E-state index contributed by atoms with van der Waals surface area (Å²) in [6.45, 7) is 2.96. The van der Waals surface area contributed by atoms with Gasteiger partial charge in [-0.3, -0.25) is 14.9 Å². The molecule has 4 fully saturated rings. The molecule has 17 N–H and O–H groups in total. The molecule has 0 radical (unpaired) electrons. The maximum Gasteiger partial charge on any atom is 0.354 e. The van der Waals surface area contributed by atoms with E-state index in [4.69, 9.17) is 23.4 Å². The SMILES string of the molecule is CCC1=C(C2C=C3C4CCC(O)C(=O)CC(CO)CC56OC(=O)C7(CC#CC(C(=O)O)(O5)C(O)(O)C(O)C6O)OC3(Oc3cc5oc(-c6cc(O)c(O)c(CCO)c6)cc(=O)c5c(O)c32)C(O)C(O)C7(O)CC#Cc2cc[nH]c24)C=C2C(C)CCNC2N1. The van der Waals surface area contributed by atoms with Crippen molar-refractivity contribution in [3.63, 3.8) is 0 Å². The number of phenolic OH excluding ortho intramolecular Hbond substituents is 3. The number of phenols is 3. The van der Waals surface area contributed by atoms with Crippen molar-refractivity contribution in [2.45, 2.75) is 154 Å². The number of hydrogen-bond donors (Lipinski definition) is 17. The van der Waals surface area contributed by atoms with Crippen LogP contribution in [0, 0.1) is 35.5 Å². The van der Waals surface area contributed by atoms with Crippen LogP contribution in [-0.2, 0) is 35.0 Å². The number of Topliss-reactive ketones (excluding diaryl/α,β-unsaturated/α-hetero) is 1. The zero-order valence-corrected chi connectivity index (χ0v) is 47.3. The number of esters is 1. The molecule has 8 aliphatic heterocycles. The number of carbonyl (C=O) groups excluding carboxylic acids is 2. The number of carboxylic acids is 1. The fourth-order valence-corrected chi connectivity index (χ4v) is 14.1. The van der Waals surface area contributed by atoms with Crippen molar-refractivity contribution < 1.29 is 109 Å². The Bertz CT molecular complexity index is 3900. The number of allylic oxidation sites excluding steroid dienone is 4. The highest BCUT2D eigenvalue weighted by Gasteiger charge is 2.78. The molecule has 88 heavy (non-hydrogen) atoms. The van der Waals surface area contributed by atoms with Gasteiger partial charge < -0.3 is 105 Å². The van der Waals surface area contributed by atoms with Gasteiger partial charge in [0.2, 0.25) is 17.2 Å². The molecule has 4 saturated heterocycles. The Morgan fingerprint density at radius 3 is 2.38 bits per heavy atom. The minimum atomic E-state index is -4.12. The molecule has 6 bridgehead atoms. The van der Waals surface area contributed by atoms with Gasteiger partial charge in [0.05, 0.1) is 12.6 Å². The number of aromatic hydroxyl groups is 3. The number of H-pyrrole nitrogens is 1. The largest absolute Gasteiger partial charge is 0.507 e. The number of ketones is 1. The average molecular weight is 1220 g/mol. The minimum absolute atomic E-state index is 0.00417. The normalized spacial score (nSPS) is 35.7. The third-order valence-electron chi connectivity index (χ3n) is 18.9. The second-order valence-electron chi connectivity index (χ2n) is 24.0. The number of carbonyl (C=O) groups is 3. The Balaban J connectivity index is 1.22. The lowest BCUT2D eigenvalue weighted by atomic mass is 9.66. The summed E-state index contributed by atoms with van der Waals surface area (Å²) in [6, 6.07) is 6.09. The molecule has 13 rings (SSSR count). The number of rotatable bonds is 7. The molecule has 26 nitrogen and oxygen atoms in total. The number of nitrogens with one attached hydrogen (secondary N) is 3. The molecule has 15 unspecified atom stereocenters. The van der Waals surface area contributed by atoms with Gasteiger partial charge in [-0.05, 0) is 85.8 Å². The summed E-state index contributed by atoms with van der Waals surface area (Å²) in [7, 11) is 0. The molecule has 0 amide bonds. The molecule has 2 aromatic heterocycles. The van der Waals surface area contributed by atoms with Crippen molar-refractivity contribution >= 4 is 28.7 Å². The molecule has 2 aromatic carbocycles. The monoisotopic (exact) mass is 1220 g/mol. The zero-order chi connectivity index (χ0) is 62.9. The highest BCUT2D eigenvalue weighted by molar-refractivity contribution is 5.90. The van der Waals surface area contributed by atoms with E-state index in [-0.39, 0.29) is 64.5 Å². The Morgan fingerprint density at radius 1 is 0.875 bits per heavy atom. The number of piperidine rings is 1. The Labute approximate surface area is 499 Å². The van der Waals surface area contributed by atoms with Crippen LogP contribution >= 0.6 is 0 Å². The lowest BCUT2D eigenvalue weighted by Gasteiger charge is -2.59. The summed E-state index contributed by atoms with van der Waals surface area (Å²) < 4.78 is 32.8. The van der Waals surface area contributed by atoms with Gasteiger partial charge in [-0.2, -0.15) is 0 Å². The number of aliphatic carboxylic acids is 1. The van der Waals surface area contributed by atoms with Crippen LogP contribution in [0.2, 0.25) is 0 Å². The number of benzene rings is 2. The number of fused-ring (bicyclic) bond motifs is 7. The van der Waals surface area contributed by atoms with Crippen LogP contribution in [0.4, 0.5) is 0 Å².